The molecule has 1 fully saturated rings. The number of rotatable bonds is 4. The fraction of sp³-hybridized carbons (Fsp3) is 0.692. The zero-order chi connectivity index (χ0) is 13.0. The Morgan fingerprint density at radius 3 is 3.00 bits per heavy atom. The molecule has 2 rings (SSSR count). The van der Waals surface area contributed by atoms with Crippen LogP contribution in [0.25, 0.3) is 0 Å². The molecule has 0 aromatic carbocycles. The first-order valence-corrected chi connectivity index (χ1v) is 6.67. The Bertz CT molecular complexity index is 397. The molecule has 1 aliphatic heterocycles. The van der Waals surface area contributed by atoms with Gasteiger partial charge in [0.2, 0.25) is 0 Å². The fourth-order valence-electron chi connectivity index (χ4n) is 2.24. The second kappa shape index (κ2) is 6.22. The molecule has 2 heterocycles. The molecule has 100 valence electrons. The van der Waals surface area contributed by atoms with Crippen molar-refractivity contribution in [3.05, 3.63) is 23.3 Å². The lowest BCUT2D eigenvalue weighted by molar-refractivity contribution is -0.0326. The number of morpholine rings is 1. The molecule has 1 unspecified atom stereocenters. The molecular weight excluding hydrogens is 228 g/mol. The van der Waals surface area contributed by atoms with Gasteiger partial charge in [0.15, 0.2) is 5.82 Å². The lowest BCUT2D eigenvalue weighted by Gasteiger charge is -2.31. The molecule has 1 aliphatic rings. The van der Waals surface area contributed by atoms with Crippen molar-refractivity contribution in [1.82, 2.24) is 14.9 Å². The second-order valence-electron chi connectivity index (χ2n) is 4.51. The molecule has 0 radical (unpaired) electrons. The summed E-state index contributed by atoms with van der Waals surface area (Å²) in [7, 11) is 0. The lowest BCUT2D eigenvalue weighted by atomic mass is 10.1. The van der Waals surface area contributed by atoms with E-state index in [4.69, 9.17) is 10.5 Å². The maximum Gasteiger partial charge on any atom is 0.158 e. The van der Waals surface area contributed by atoms with Gasteiger partial charge >= 0.3 is 0 Å². The first-order chi connectivity index (χ1) is 8.78. The van der Waals surface area contributed by atoms with Gasteiger partial charge in [-0.15, -0.1) is 0 Å². The van der Waals surface area contributed by atoms with Gasteiger partial charge in [-0.3, -0.25) is 4.90 Å². The molecule has 0 amide bonds. The maximum atomic E-state index is 5.77. The Labute approximate surface area is 108 Å². The van der Waals surface area contributed by atoms with Crippen molar-refractivity contribution in [1.29, 1.82) is 0 Å². The van der Waals surface area contributed by atoms with Crippen molar-refractivity contribution >= 4 is 0 Å². The molecular formula is C13H22N4O. The van der Waals surface area contributed by atoms with Gasteiger partial charge in [-0.1, -0.05) is 13.8 Å². The topological polar surface area (TPSA) is 64.3 Å². The predicted octanol–water partition coefficient (Wildman–Crippen LogP) is 0.891. The van der Waals surface area contributed by atoms with E-state index in [1.807, 2.05) is 6.20 Å². The predicted molar refractivity (Wildman–Crippen MR) is 70.1 cm³/mol. The molecule has 2 N–H and O–H groups in total. The van der Waals surface area contributed by atoms with Crippen molar-refractivity contribution in [3.63, 3.8) is 0 Å². The summed E-state index contributed by atoms with van der Waals surface area (Å²) in [5, 5.41) is 0. The Balaban J connectivity index is 2.17. The summed E-state index contributed by atoms with van der Waals surface area (Å²) in [5.74, 6) is 0.794. The molecule has 1 aromatic heterocycles. The van der Waals surface area contributed by atoms with E-state index in [1.54, 1.807) is 0 Å². The lowest BCUT2D eigenvalue weighted by Crippen LogP contribution is -2.38. The highest BCUT2D eigenvalue weighted by Crippen LogP contribution is 2.20. The van der Waals surface area contributed by atoms with Crippen LogP contribution in [0.15, 0.2) is 6.20 Å². The average molecular weight is 250 g/mol. The molecule has 5 nitrogen and oxygen atoms in total. The average Bonchev–Trinajstić information content (AvgIpc) is 2.46. The van der Waals surface area contributed by atoms with E-state index in [0.29, 0.717) is 6.54 Å². The van der Waals surface area contributed by atoms with Crippen LogP contribution >= 0.6 is 0 Å². The van der Waals surface area contributed by atoms with Gasteiger partial charge < -0.3 is 10.5 Å². The molecule has 1 aromatic rings. The number of nitrogens with zero attached hydrogens (tertiary/aromatic N) is 3. The quantitative estimate of drug-likeness (QED) is 0.860. The van der Waals surface area contributed by atoms with Crippen LogP contribution in [-0.2, 0) is 17.7 Å². The smallest absolute Gasteiger partial charge is 0.158 e. The highest BCUT2D eigenvalue weighted by Gasteiger charge is 2.23. The van der Waals surface area contributed by atoms with E-state index in [1.165, 1.54) is 0 Å². The third kappa shape index (κ3) is 2.85. The third-order valence-corrected chi connectivity index (χ3v) is 3.41. The van der Waals surface area contributed by atoms with E-state index in [2.05, 4.69) is 28.7 Å². The fourth-order valence-corrected chi connectivity index (χ4v) is 2.24. The summed E-state index contributed by atoms with van der Waals surface area (Å²) in [5.41, 5.74) is 7.75. The summed E-state index contributed by atoms with van der Waals surface area (Å²) in [6.45, 7) is 8.42. The summed E-state index contributed by atoms with van der Waals surface area (Å²) >= 11 is 0. The molecule has 5 heteroatoms. The van der Waals surface area contributed by atoms with Gasteiger partial charge in [0, 0.05) is 37.1 Å². The maximum absolute atomic E-state index is 5.77. The van der Waals surface area contributed by atoms with Crippen molar-refractivity contribution in [3.8, 4) is 0 Å². The van der Waals surface area contributed by atoms with Crippen LogP contribution in [0.3, 0.4) is 0 Å². The van der Waals surface area contributed by atoms with Crippen molar-refractivity contribution in [2.45, 2.75) is 32.9 Å². The van der Waals surface area contributed by atoms with Gasteiger partial charge in [0.05, 0.1) is 6.61 Å². The van der Waals surface area contributed by atoms with Crippen LogP contribution < -0.4 is 5.73 Å². The summed E-state index contributed by atoms with van der Waals surface area (Å²) in [4.78, 5) is 11.4. The highest BCUT2D eigenvalue weighted by molar-refractivity contribution is 5.18. The van der Waals surface area contributed by atoms with Crippen LogP contribution in [0.5, 0.6) is 0 Å². The SMILES string of the molecule is CCc1nc(C2CN(CC)CCO2)ncc1CN. The minimum absolute atomic E-state index is 0.00387. The van der Waals surface area contributed by atoms with Crippen molar-refractivity contribution in [2.75, 3.05) is 26.2 Å². The minimum Gasteiger partial charge on any atom is -0.368 e. The second-order valence-corrected chi connectivity index (χ2v) is 4.51. The van der Waals surface area contributed by atoms with Crippen molar-refractivity contribution in [2.24, 2.45) is 5.73 Å². The Kier molecular flexibility index (Phi) is 4.63. The molecule has 1 atom stereocenters. The van der Waals surface area contributed by atoms with Crippen molar-refractivity contribution < 1.29 is 4.74 Å². The molecule has 0 spiro atoms. The normalized spacial score (nSPS) is 21.2. The summed E-state index contributed by atoms with van der Waals surface area (Å²) in [6.07, 6.45) is 2.72. The Hall–Kier alpha value is -1.04. The van der Waals surface area contributed by atoms with Crippen LogP contribution in [0.1, 0.15) is 37.0 Å². The number of hydrogen-bond acceptors (Lipinski definition) is 5. The van der Waals surface area contributed by atoms with Gasteiger partial charge in [-0.2, -0.15) is 0 Å². The van der Waals surface area contributed by atoms with E-state index in [-0.39, 0.29) is 6.10 Å². The zero-order valence-corrected chi connectivity index (χ0v) is 11.2. The van der Waals surface area contributed by atoms with E-state index < -0.39 is 0 Å². The Morgan fingerprint density at radius 1 is 1.50 bits per heavy atom. The third-order valence-electron chi connectivity index (χ3n) is 3.41. The van der Waals surface area contributed by atoms with Crippen LogP contribution in [0.4, 0.5) is 0 Å². The van der Waals surface area contributed by atoms with Crippen LogP contribution in [-0.4, -0.2) is 41.1 Å². The molecule has 18 heavy (non-hydrogen) atoms. The largest absolute Gasteiger partial charge is 0.368 e. The van der Waals surface area contributed by atoms with E-state index >= 15 is 0 Å². The highest BCUT2D eigenvalue weighted by atomic mass is 16.5. The molecule has 0 saturated carbocycles. The first kappa shape index (κ1) is 13.4. The van der Waals surface area contributed by atoms with Crippen LogP contribution in [0.2, 0.25) is 0 Å². The first-order valence-electron chi connectivity index (χ1n) is 6.67. The van der Waals surface area contributed by atoms with Gasteiger partial charge in [-0.25, -0.2) is 9.97 Å². The molecule has 1 saturated heterocycles. The van der Waals surface area contributed by atoms with E-state index in [9.17, 15) is 0 Å². The molecule has 0 bridgehead atoms. The van der Waals surface area contributed by atoms with E-state index in [0.717, 1.165) is 49.7 Å². The van der Waals surface area contributed by atoms with Gasteiger partial charge in [0.25, 0.3) is 0 Å². The molecule has 0 aliphatic carbocycles. The van der Waals surface area contributed by atoms with Gasteiger partial charge in [-0.05, 0) is 13.0 Å². The number of aryl methyl sites for hydroxylation is 1. The summed E-state index contributed by atoms with van der Waals surface area (Å²) < 4.78 is 5.77. The number of nitrogens with two attached hydrogens (primary N) is 1. The number of ether oxygens (including phenoxy) is 1. The zero-order valence-electron chi connectivity index (χ0n) is 11.2. The number of hydrogen-bond donors (Lipinski definition) is 1. The Morgan fingerprint density at radius 2 is 2.33 bits per heavy atom. The number of aromatic nitrogens is 2. The summed E-state index contributed by atoms with van der Waals surface area (Å²) in [6, 6.07) is 0. The number of likely N-dealkylation sites (N-methyl/N-ethyl adjacent to an activating group) is 1. The standard InChI is InChI=1S/C13H22N4O/c1-3-11-10(7-14)8-15-13(16-11)12-9-17(4-2)5-6-18-12/h8,12H,3-7,9,14H2,1-2H3. The monoisotopic (exact) mass is 250 g/mol. The van der Waals surface area contributed by atoms with Crippen LogP contribution in [0, 0.1) is 0 Å². The van der Waals surface area contributed by atoms with Gasteiger partial charge in [0.1, 0.15) is 6.10 Å². The minimum atomic E-state index is -0.00387.